The molecule has 2 N–H and O–H groups in total. The van der Waals surface area contributed by atoms with E-state index >= 15 is 0 Å². The van der Waals surface area contributed by atoms with Gasteiger partial charge in [-0.25, -0.2) is 4.68 Å². The Morgan fingerprint density at radius 1 is 1.04 bits per heavy atom. The van der Waals surface area contributed by atoms with Crippen molar-refractivity contribution in [3.63, 3.8) is 0 Å². The van der Waals surface area contributed by atoms with Crippen molar-refractivity contribution in [3.8, 4) is 22.8 Å². The van der Waals surface area contributed by atoms with E-state index in [1.165, 1.54) is 10.7 Å². The number of aromatic hydroxyl groups is 2. The molecule has 0 aliphatic heterocycles. The molecule has 3 aromatic rings. The van der Waals surface area contributed by atoms with Crippen LogP contribution in [0.4, 0.5) is 5.69 Å². The topological polar surface area (TPSA) is 100 Å². The zero-order valence-corrected chi connectivity index (χ0v) is 15.1. The van der Waals surface area contributed by atoms with Gasteiger partial charge >= 0.3 is 0 Å². The zero-order chi connectivity index (χ0) is 19.4. The summed E-state index contributed by atoms with van der Waals surface area (Å²) in [6, 6.07) is 13.7. The van der Waals surface area contributed by atoms with Gasteiger partial charge in [0.15, 0.2) is 0 Å². The lowest BCUT2D eigenvalue weighted by atomic mass is 10.1. The monoisotopic (exact) mass is 364 g/mol. The van der Waals surface area contributed by atoms with Gasteiger partial charge in [-0.1, -0.05) is 19.1 Å². The lowest BCUT2D eigenvalue weighted by Crippen LogP contribution is -2.18. The summed E-state index contributed by atoms with van der Waals surface area (Å²) in [6.45, 7) is 2.07. The van der Waals surface area contributed by atoms with Crippen LogP contribution in [0.5, 0.6) is 11.5 Å². The van der Waals surface area contributed by atoms with Gasteiger partial charge in [-0.2, -0.15) is 15.3 Å². The van der Waals surface area contributed by atoms with Crippen molar-refractivity contribution in [1.82, 2.24) is 9.78 Å². The van der Waals surface area contributed by atoms with E-state index in [0.717, 1.165) is 5.56 Å². The van der Waals surface area contributed by atoms with E-state index in [9.17, 15) is 15.0 Å². The lowest BCUT2D eigenvalue weighted by Gasteiger charge is -2.08. The minimum Gasteiger partial charge on any atom is -0.508 e. The fourth-order valence-corrected chi connectivity index (χ4v) is 2.70. The van der Waals surface area contributed by atoms with Gasteiger partial charge in [0.25, 0.3) is 5.56 Å². The molecule has 0 aliphatic rings. The van der Waals surface area contributed by atoms with Crippen molar-refractivity contribution in [2.45, 2.75) is 19.9 Å². The Morgan fingerprint density at radius 3 is 2.44 bits per heavy atom. The number of rotatable bonds is 5. The lowest BCUT2D eigenvalue weighted by molar-refractivity contribution is 0.435. The fourth-order valence-electron chi connectivity index (χ4n) is 2.70. The van der Waals surface area contributed by atoms with Gasteiger partial charge in [0.1, 0.15) is 11.5 Å². The molecule has 0 amide bonds. The maximum atomic E-state index is 11.4. The minimum atomic E-state index is -0.159. The van der Waals surface area contributed by atoms with Gasteiger partial charge in [0.2, 0.25) is 0 Å². The molecule has 0 saturated heterocycles. The normalized spacial score (nSPS) is 11.2. The van der Waals surface area contributed by atoms with Gasteiger partial charge < -0.3 is 10.2 Å². The van der Waals surface area contributed by atoms with Gasteiger partial charge in [0.05, 0.1) is 17.9 Å². The first-order chi connectivity index (χ1) is 13.0. The second-order valence-electron chi connectivity index (χ2n) is 6.05. The van der Waals surface area contributed by atoms with Crippen molar-refractivity contribution >= 4 is 5.69 Å². The number of azo groups is 1. The SMILES string of the molecule is CCc1c(O)ccc(CN=Nc2ccc(-c3ccc(=O)n(C)n3)cc2)c1O. The summed E-state index contributed by atoms with van der Waals surface area (Å²) in [5.41, 5.74) is 3.19. The number of phenolic OH excluding ortho intramolecular Hbond substituents is 2. The quantitative estimate of drug-likeness (QED) is 0.674. The van der Waals surface area contributed by atoms with Crippen molar-refractivity contribution < 1.29 is 10.2 Å². The molecule has 0 fully saturated rings. The maximum absolute atomic E-state index is 11.4. The van der Waals surface area contributed by atoms with Crippen LogP contribution in [0.25, 0.3) is 11.3 Å². The maximum Gasteiger partial charge on any atom is 0.266 e. The van der Waals surface area contributed by atoms with Crippen LogP contribution in [0.15, 0.2) is 63.6 Å². The third kappa shape index (κ3) is 4.03. The minimum absolute atomic E-state index is 0.0626. The Hall–Kier alpha value is -3.48. The summed E-state index contributed by atoms with van der Waals surface area (Å²) in [5, 5.41) is 32.4. The van der Waals surface area contributed by atoms with Crippen LogP contribution >= 0.6 is 0 Å². The predicted octanol–water partition coefficient (Wildman–Crippen LogP) is 3.70. The molecule has 0 radical (unpaired) electrons. The molecule has 1 heterocycles. The van der Waals surface area contributed by atoms with Crippen molar-refractivity contribution in [3.05, 3.63) is 70.0 Å². The summed E-state index contributed by atoms with van der Waals surface area (Å²) in [6.07, 6.45) is 0.531. The Kier molecular flexibility index (Phi) is 5.30. The van der Waals surface area contributed by atoms with Crippen LogP contribution in [0.3, 0.4) is 0 Å². The first-order valence-corrected chi connectivity index (χ1v) is 8.54. The van der Waals surface area contributed by atoms with Gasteiger partial charge in [-0.15, -0.1) is 0 Å². The van der Waals surface area contributed by atoms with Crippen molar-refractivity contribution in [2.24, 2.45) is 17.3 Å². The third-order valence-electron chi connectivity index (χ3n) is 4.25. The second-order valence-corrected chi connectivity index (χ2v) is 6.05. The molecule has 0 saturated carbocycles. The standard InChI is InChI=1S/C20H20N4O3/c1-3-16-18(25)10-6-14(20(16)27)12-21-22-15-7-4-13(5-8-15)17-9-11-19(26)24(2)23-17/h4-11,25,27H,3,12H2,1-2H3. The first-order valence-electron chi connectivity index (χ1n) is 8.54. The van der Waals surface area contributed by atoms with Crippen LogP contribution in [-0.2, 0) is 20.0 Å². The molecule has 27 heavy (non-hydrogen) atoms. The fraction of sp³-hybridized carbons (Fsp3) is 0.200. The molecule has 0 aliphatic carbocycles. The van der Waals surface area contributed by atoms with Crippen LogP contribution in [-0.4, -0.2) is 20.0 Å². The van der Waals surface area contributed by atoms with Crippen molar-refractivity contribution in [1.29, 1.82) is 0 Å². The molecule has 0 spiro atoms. The van der Waals surface area contributed by atoms with Crippen LogP contribution in [0.1, 0.15) is 18.1 Å². The number of hydrogen-bond acceptors (Lipinski definition) is 6. The summed E-state index contributed by atoms with van der Waals surface area (Å²) >= 11 is 0. The average Bonchev–Trinajstić information content (AvgIpc) is 2.67. The zero-order valence-electron chi connectivity index (χ0n) is 15.1. The van der Waals surface area contributed by atoms with Crippen LogP contribution < -0.4 is 5.56 Å². The van der Waals surface area contributed by atoms with Gasteiger partial charge in [-0.05, 0) is 36.8 Å². The van der Waals surface area contributed by atoms with E-state index in [1.54, 1.807) is 37.4 Å². The van der Waals surface area contributed by atoms with E-state index in [-0.39, 0.29) is 23.6 Å². The molecule has 0 bridgehead atoms. The van der Waals surface area contributed by atoms with Crippen LogP contribution in [0, 0.1) is 0 Å². The van der Waals surface area contributed by atoms with Gasteiger partial charge in [0, 0.05) is 29.8 Å². The highest BCUT2D eigenvalue weighted by Gasteiger charge is 2.10. The Morgan fingerprint density at radius 2 is 1.78 bits per heavy atom. The number of aromatic nitrogens is 2. The summed E-state index contributed by atoms with van der Waals surface area (Å²) in [7, 11) is 1.61. The molecular weight excluding hydrogens is 344 g/mol. The van der Waals surface area contributed by atoms with Gasteiger partial charge in [-0.3, -0.25) is 4.79 Å². The number of phenols is 2. The summed E-state index contributed by atoms with van der Waals surface area (Å²) in [4.78, 5) is 11.4. The van der Waals surface area contributed by atoms with Crippen molar-refractivity contribution in [2.75, 3.05) is 0 Å². The largest absolute Gasteiger partial charge is 0.508 e. The average molecular weight is 364 g/mol. The highest BCUT2D eigenvalue weighted by Crippen LogP contribution is 2.31. The molecule has 7 nitrogen and oxygen atoms in total. The van der Waals surface area contributed by atoms with E-state index in [4.69, 9.17) is 0 Å². The number of hydrogen-bond donors (Lipinski definition) is 2. The highest BCUT2D eigenvalue weighted by atomic mass is 16.3. The Balaban J connectivity index is 1.73. The molecule has 0 unspecified atom stereocenters. The third-order valence-corrected chi connectivity index (χ3v) is 4.25. The molecule has 1 aromatic heterocycles. The molecular formula is C20H20N4O3. The molecule has 2 aromatic carbocycles. The number of nitrogens with zero attached hydrogens (tertiary/aromatic N) is 4. The second kappa shape index (κ2) is 7.82. The van der Waals surface area contributed by atoms with E-state index < -0.39 is 0 Å². The molecule has 7 heteroatoms. The number of aryl methyl sites for hydroxylation is 1. The van der Waals surface area contributed by atoms with E-state index in [1.807, 2.05) is 19.1 Å². The smallest absolute Gasteiger partial charge is 0.266 e. The van der Waals surface area contributed by atoms with E-state index in [0.29, 0.717) is 28.9 Å². The Bertz CT molecular complexity index is 1040. The highest BCUT2D eigenvalue weighted by molar-refractivity contribution is 5.61. The predicted molar refractivity (Wildman–Crippen MR) is 102 cm³/mol. The van der Waals surface area contributed by atoms with Crippen LogP contribution in [0.2, 0.25) is 0 Å². The molecule has 3 rings (SSSR count). The first kappa shape index (κ1) is 18.3. The molecule has 0 atom stereocenters. The Labute approximate surface area is 156 Å². The van der Waals surface area contributed by atoms with E-state index in [2.05, 4.69) is 15.3 Å². The molecule has 138 valence electrons. The summed E-state index contributed by atoms with van der Waals surface area (Å²) < 4.78 is 1.29. The summed E-state index contributed by atoms with van der Waals surface area (Å²) in [5.74, 6) is 0.144. The number of benzene rings is 2.